The molecule has 0 atom stereocenters. The van der Waals surface area contributed by atoms with Crippen LogP contribution in [0.1, 0.15) is 44.9 Å². The summed E-state index contributed by atoms with van der Waals surface area (Å²) in [5.74, 6) is -0.554. The number of carbonyl (C=O) groups excluding carboxylic acids is 2. The zero-order valence-electron chi connectivity index (χ0n) is 11.3. The van der Waals surface area contributed by atoms with Crippen LogP contribution in [0.5, 0.6) is 0 Å². The molecule has 0 aliphatic rings. The van der Waals surface area contributed by atoms with E-state index in [1.165, 1.54) is 0 Å². The van der Waals surface area contributed by atoms with Crippen LogP contribution in [0, 0.1) is 0 Å². The summed E-state index contributed by atoms with van der Waals surface area (Å²) in [7, 11) is 0. The van der Waals surface area contributed by atoms with Gasteiger partial charge in [0.15, 0.2) is 0 Å². The number of ether oxygens (including phenoxy) is 2. The van der Waals surface area contributed by atoms with Gasteiger partial charge in [0.25, 0.3) is 0 Å². The highest BCUT2D eigenvalue weighted by atomic mass is 16.5. The predicted molar refractivity (Wildman–Crippen MR) is 68.4 cm³/mol. The fourth-order valence-electron chi connectivity index (χ4n) is 1.42. The summed E-state index contributed by atoms with van der Waals surface area (Å²) >= 11 is 0. The highest BCUT2D eigenvalue weighted by molar-refractivity contribution is 5.69. The van der Waals surface area contributed by atoms with Gasteiger partial charge < -0.3 is 19.7 Å². The Balaban J connectivity index is 3.29. The molecule has 6 nitrogen and oxygen atoms in total. The fourth-order valence-corrected chi connectivity index (χ4v) is 1.42. The summed E-state index contributed by atoms with van der Waals surface area (Å²) in [6.07, 6.45) is 4.10. The molecule has 0 unspecified atom stereocenters. The van der Waals surface area contributed by atoms with Crippen LogP contribution >= 0.6 is 0 Å². The highest BCUT2D eigenvalue weighted by Crippen LogP contribution is 2.05. The number of hydrogen-bond acceptors (Lipinski definition) is 6. The minimum absolute atomic E-state index is 0.0407. The molecule has 0 aliphatic carbocycles. The molecule has 0 aromatic rings. The Morgan fingerprint density at radius 1 is 0.684 bits per heavy atom. The van der Waals surface area contributed by atoms with Crippen molar-refractivity contribution in [2.45, 2.75) is 44.9 Å². The lowest BCUT2D eigenvalue weighted by Gasteiger charge is -2.04. The van der Waals surface area contributed by atoms with Gasteiger partial charge >= 0.3 is 11.9 Å². The average molecular weight is 276 g/mol. The summed E-state index contributed by atoms with van der Waals surface area (Å²) in [6.45, 7) is 0.351. The molecular weight excluding hydrogens is 252 g/mol. The van der Waals surface area contributed by atoms with E-state index in [0.717, 1.165) is 6.42 Å². The van der Waals surface area contributed by atoms with Gasteiger partial charge in [-0.3, -0.25) is 9.59 Å². The summed E-state index contributed by atoms with van der Waals surface area (Å²) in [5.41, 5.74) is 0. The van der Waals surface area contributed by atoms with Crippen molar-refractivity contribution in [2.75, 3.05) is 26.4 Å². The first-order chi connectivity index (χ1) is 9.20. The third-order valence-corrected chi connectivity index (χ3v) is 2.43. The highest BCUT2D eigenvalue weighted by Gasteiger charge is 2.04. The molecule has 0 spiro atoms. The van der Waals surface area contributed by atoms with E-state index in [0.29, 0.717) is 45.1 Å². The molecule has 0 bridgehead atoms. The van der Waals surface area contributed by atoms with Crippen LogP contribution < -0.4 is 0 Å². The molecule has 0 aromatic carbocycles. The van der Waals surface area contributed by atoms with Crippen molar-refractivity contribution in [3.05, 3.63) is 0 Å². The summed E-state index contributed by atoms with van der Waals surface area (Å²) < 4.78 is 9.65. The summed E-state index contributed by atoms with van der Waals surface area (Å²) in [4.78, 5) is 22.3. The number of aliphatic hydroxyl groups excluding tert-OH is 2. The van der Waals surface area contributed by atoms with E-state index < -0.39 is 0 Å². The van der Waals surface area contributed by atoms with Crippen LogP contribution in [-0.2, 0) is 19.1 Å². The van der Waals surface area contributed by atoms with Crippen molar-refractivity contribution >= 4 is 11.9 Å². The largest absolute Gasteiger partial charge is 0.466 e. The van der Waals surface area contributed by atoms with E-state index in [9.17, 15) is 9.59 Å². The molecule has 0 radical (unpaired) electrons. The standard InChI is InChI=1S/C13H24O6/c14-8-4-5-10-18-12(16)6-2-1-3-7-13(17)19-11-9-15/h14-15H,1-11H2. The normalized spacial score (nSPS) is 10.2. The van der Waals surface area contributed by atoms with Gasteiger partial charge in [-0.15, -0.1) is 0 Å². The molecule has 6 heteroatoms. The van der Waals surface area contributed by atoms with E-state index in [1.54, 1.807) is 0 Å². The van der Waals surface area contributed by atoms with Crippen molar-refractivity contribution in [2.24, 2.45) is 0 Å². The lowest BCUT2D eigenvalue weighted by Crippen LogP contribution is -2.08. The van der Waals surface area contributed by atoms with Gasteiger partial charge in [0.1, 0.15) is 6.61 Å². The number of esters is 2. The Morgan fingerprint density at radius 3 is 1.79 bits per heavy atom. The van der Waals surface area contributed by atoms with Gasteiger partial charge in [-0.25, -0.2) is 0 Å². The van der Waals surface area contributed by atoms with Crippen LogP contribution in [0.2, 0.25) is 0 Å². The van der Waals surface area contributed by atoms with E-state index in [4.69, 9.17) is 19.7 Å². The molecule has 0 saturated carbocycles. The maximum Gasteiger partial charge on any atom is 0.305 e. The van der Waals surface area contributed by atoms with E-state index in [1.807, 2.05) is 0 Å². The molecule has 0 fully saturated rings. The molecule has 0 amide bonds. The second-order valence-electron chi connectivity index (χ2n) is 4.16. The Morgan fingerprint density at radius 2 is 1.26 bits per heavy atom. The first-order valence-corrected chi connectivity index (χ1v) is 6.73. The van der Waals surface area contributed by atoms with E-state index in [-0.39, 0.29) is 31.8 Å². The third-order valence-electron chi connectivity index (χ3n) is 2.43. The molecule has 19 heavy (non-hydrogen) atoms. The topological polar surface area (TPSA) is 93.1 Å². The predicted octanol–water partition coefficient (Wildman–Crippen LogP) is 0.788. The minimum atomic E-state index is -0.319. The maximum absolute atomic E-state index is 11.2. The number of unbranched alkanes of at least 4 members (excludes halogenated alkanes) is 3. The second kappa shape index (κ2) is 13.3. The van der Waals surface area contributed by atoms with Gasteiger partial charge in [-0.05, 0) is 25.7 Å². The van der Waals surface area contributed by atoms with Gasteiger partial charge in [-0.2, -0.15) is 0 Å². The van der Waals surface area contributed by atoms with Crippen molar-refractivity contribution in [3.8, 4) is 0 Å². The summed E-state index contributed by atoms with van der Waals surface area (Å²) in [6, 6.07) is 0. The van der Waals surface area contributed by atoms with Crippen LogP contribution in [0.25, 0.3) is 0 Å². The molecule has 112 valence electrons. The Kier molecular flexibility index (Phi) is 12.5. The van der Waals surface area contributed by atoms with Crippen LogP contribution in [0.4, 0.5) is 0 Å². The number of aliphatic hydroxyl groups is 2. The van der Waals surface area contributed by atoms with Gasteiger partial charge in [-0.1, -0.05) is 6.42 Å². The molecular formula is C13H24O6. The molecule has 0 saturated heterocycles. The first kappa shape index (κ1) is 17.9. The lowest BCUT2D eigenvalue weighted by molar-refractivity contribution is -0.144. The summed E-state index contributed by atoms with van der Waals surface area (Å²) in [5, 5.41) is 17.0. The SMILES string of the molecule is O=C(CCCCCC(=O)OCCCCO)OCCO. The van der Waals surface area contributed by atoms with Gasteiger partial charge in [0.2, 0.25) is 0 Å². The Bertz CT molecular complexity index is 241. The van der Waals surface area contributed by atoms with E-state index in [2.05, 4.69) is 0 Å². The van der Waals surface area contributed by atoms with Crippen LogP contribution in [0.3, 0.4) is 0 Å². The molecule has 0 aliphatic heterocycles. The van der Waals surface area contributed by atoms with E-state index >= 15 is 0 Å². The number of hydrogen-bond donors (Lipinski definition) is 2. The molecule has 0 aromatic heterocycles. The monoisotopic (exact) mass is 276 g/mol. The molecule has 0 heterocycles. The quantitative estimate of drug-likeness (QED) is 0.404. The van der Waals surface area contributed by atoms with Crippen LogP contribution in [0.15, 0.2) is 0 Å². The molecule has 0 rings (SSSR count). The molecule has 2 N–H and O–H groups in total. The minimum Gasteiger partial charge on any atom is -0.466 e. The third kappa shape index (κ3) is 13.1. The van der Waals surface area contributed by atoms with Crippen molar-refractivity contribution in [3.63, 3.8) is 0 Å². The second-order valence-corrected chi connectivity index (χ2v) is 4.16. The lowest BCUT2D eigenvalue weighted by atomic mass is 10.1. The van der Waals surface area contributed by atoms with Crippen molar-refractivity contribution < 1.29 is 29.3 Å². The zero-order valence-corrected chi connectivity index (χ0v) is 11.3. The fraction of sp³-hybridized carbons (Fsp3) is 0.846. The van der Waals surface area contributed by atoms with Gasteiger partial charge in [0.05, 0.1) is 13.2 Å². The maximum atomic E-state index is 11.2. The number of rotatable bonds is 12. The Labute approximate surface area is 113 Å². The number of carbonyl (C=O) groups is 2. The first-order valence-electron chi connectivity index (χ1n) is 6.73. The smallest absolute Gasteiger partial charge is 0.305 e. The average Bonchev–Trinajstić information content (AvgIpc) is 2.41. The van der Waals surface area contributed by atoms with Crippen LogP contribution in [-0.4, -0.2) is 48.6 Å². The zero-order chi connectivity index (χ0) is 14.3. The van der Waals surface area contributed by atoms with Crippen molar-refractivity contribution in [1.82, 2.24) is 0 Å². The Hall–Kier alpha value is -1.14. The van der Waals surface area contributed by atoms with Crippen molar-refractivity contribution in [1.29, 1.82) is 0 Å². The van der Waals surface area contributed by atoms with Gasteiger partial charge in [0, 0.05) is 19.4 Å².